The second-order valence-electron chi connectivity index (χ2n) is 4.90. The molecule has 0 saturated heterocycles. The predicted molar refractivity (Wildman–Crippen MR) is 56.1 cm³/mol. The van der Waals surface area contributed by atoms with Gasteiger partial charge in [-0.2, -0.15) is 0 Å². The highest BCUT2D eigenvalue weighted by atomic mass is 31.2. The molecule has 4 nitrogen and oxygen atoms in total. The molecule has 0 saturated carbocycles. The summed E-state index contributed by atoms with van der Waals surface area (Å²) in [7, 11) is -4.01. The van der Waals surface area contributed by atoms with Gasteiger partial charge in [0, 0.05) is 0 Å². The Morgan fingerprint density at radius 1 is 1.36 bits per heavy atom. The standard InChI is InChI=1S/C9H21O4P/c1-8(2)5-9(3,4)6-13-7-14(10,11)12/h8H,5-7H2,1-4H3,(H2,10,11,12). The van der Waals surface area contributed by atoms with E-state index >= 15 is 0 Å². The third kappa shape index (κ3) is 8.70. The zero-order valence-corrected chi connectivity index (χ0v) is 10.3. The molecule has 86 valence electrons. The van der Waals surface area contributed by atoms with Crippen LogP contribution >= 0.6 is 7.60 Å². The Morgan fingerprint density at radius 3 is 2.21 bits per heavy atom. The predicted octanol–water partition coefficient (Wildman–Crippen LogP) is 2.21. The van der Waals surface area contributed by atoms with E-state index in [4.69, 9.17) is 14.5 Å². The van der Waals surface area contributed by atoms with E-state index in [-0.39, 0.29) is 5.41 Å². The fourth-order valence-electron chi connectivity index (χ4n) is 1.60. The Hall–Kier alpha value is 0.110. The molecule has 0 aliphatic carbocycles. The van der Waals surface area contributed by atoms with Crippen LogP contribution in [0.2, 0.25) is 0 Å². The summed E-state index contributed by atoms with van der Waals surface area (Å²) in [5.41, 5.74) is -0.0245. The van der Waals surface area contributed by atoms with Crippen LogP contribution in [0.1, 0.15) is 34.1 Å². The van der Waals surface area contributed by atoms with E-state index in [0.29, 0.717) is 12.5 Å². The number of hydrogen-bond donors (Lipinski definition) is 2. The van der Waals surface area contributed by atoms with Crippen LogP contribution in [-0.4, -0.2) is 22.7 Å². The summed E-state index contributed by atoms with van der Waals surface area (Å²) in [5.74, 6) is 0.559. The van der Waals surface area contributed by atoms with Crippen LogP contribution < -0.4 is 0 Å². The van der Waals surface area contributed by atoms with Crippen molar-refractivity contribution in [1.82, 2.24) is 0 Å². The summed E-state index contributed by atoms with van der Waals surface area (Å²) >= 11 is 0. The quantitative estimate of drug-likeness (QED) is 0.679. The van der Waals surface area contributed by atoms with Crippen molar-refractivity contribution in [3.05, 3.63) is 0 Å². The van der Waals surface area contributed by atoms with Crippen molar-refractivity contribution in [2.24, 2.45) is 11.3 Å². The van der Waals surface area contributed by atoms with Gasteiger partial charge in [0.2, 0.25) is 0 Å². The fourth-order valence-corrected chi connectivity index (χ4v) is 1.93. The summed E-state index contributed by atoms with van der Waals surface area (Å²) in [6.07, 6.45) is 0.503. The molecule has 0 rings (SSSR count). The summed E-state index contributed by atoms with van der Waals surface area (Å²) in [4.78, 5) is 17.2. The third-order valence-electron chi connectivity index (χ3n) is 1.71. The molecule has 0 spiro atoms. The first-order chi connectivity index (χ1) is 6.12. The molecule has 0 amide bonds. The van der Waals surface area contributed by atoms with Gasteiger partial charge in [-0.3, -0.25) is 4.57 Å². The van der Waals surface area contributed by atoms with Crippen molar-refractivity contribution in [2.45, 2.75) is 34.1 Å². The molecule has 0 radical (unpaired) electrons. The topological polar surface area (TPSA) is 66.8 Å². The maximum absolute atomic E-state index is 10.5. The molecule has 0 heterocycles. The molecule has 5 heteroatoms. The zero-order chi connectivity index (χ0) is 11.4. The zero-order valence-electron chi connectivity index (χ0n) is 9.36. The number of hydrogen-bond acceptors (Lipinski definition) is 2. The lowest BCUT2D eigenvalue weighted by Crippen LogP contribution is -2.21. The van der Waals surface area contributed by atoms with Gasteiger partial charge in [0.25, 0.3) is 0 Å². The van der Waals surface area contributed by atoms with Crippen molar-refractivity contribution in [3.63, 3.8) is 0 Å². The van der Waals surface area contributed by atoms with Gasteiger partial charge in [-0.1, -0.05) is 27.7 Å². The van der Waals surface area contributed by atoms with Gasteiger partial charge in [0.1, 0.15) is 6.35 Å². The fraction of sp³-hybridized carbons (Fsp3) is 1.00. The first kappa shape index (κ1) is 14.1. The Labute approximate surface area is 85.8 Å². The second-order valence-corrected chi connectivity index (χ2v) is 6.49. The molecule has 0 aromatic heterocycles. The second kappa shape index (κ2) is 5.26. The normalized spacial score (nSPS) is 13.6. The first-order valence-corrected chi connectivity index (χ1v) is 6.54. The minimum atomic E-state index is -4.01. The molecule has 0 atom stereocenters. The summed E-state index contributed by atoms with van der Waals surface area (Å²) in [5, 5.41) is 0. The SMILES string of the molecule is CC(C)CC(C)(C)COCP(=O)(O)O. The van der Waals surface area contributed by atoms with E-state index in [2.05, 4.69) is 13.8 Å². The molecule has 0 aliphatic heterocycles. The van der Waals surface area contributed by atoms with E-state index in [1.807, 2.05) is 13.8 Å². The Bertz CT molecular complexity index is 207. The van der Waals surface area contributed by atoms with Crippen LogP contribution in [0.4, 0.5) is 0 Å². The van der Waals surface area contributed by atoms with Gasteiger partial charge >= 0.3 is 7.60 Å². The molecule has 0 aromatic rings. The van der Waals surface area contributed by atoms with Crippen LogP contribution in [0, 0.1) is 11.3 Å². The van der Waals surface area contributed by atoms with Crippen molar-refractivity contribution >= 4 is 7.60 Å². The number of rotatable bonds is 6. The summed E-state index contributed by atoms with van der Waals surface area (Å²) in [6, 6.07) is 0. The molecular weight excluding hydrogens is 203 g/mol. The molecule has 14 heavy (non-hydrogen) atoms. The summed E-state index contributed by atoms with van der Waals surface area (Å²) in [6.45, 7) is 8.69. The molecule has 2 N–H and O–H groups in total. The van der Waals surface area contributed by atoms with Crippen molar-refractivity contribution < 1.29 is 19.1 Å². The van der Waals surface area contributed by atoms with Crippen LogP contribution in [-0.2, 0) is 9.30 Å². The van der Waals surface area contributed by atoms with E-state index < -0.39 is 13.9 Å². The van der Waals surface area contributed by atoms with E-state index in [0.717, 1.165) is 6.42 Å². The van der Waals surface area contributed by atoms with Gasteiger partial charge in [-0.05, 0) is 17.8 Å². The molecule has 0 aliphatic rings. The minimum Gasteiger partial charge on any atom is -0.368 e. The highest BCUT2D eigenvalue weighted by Crippen LogP contribution is 2.35. The molecular formula is C9H21O4P. The van der Waals surface area contributed by atoms with E-state index in [1.54, 1.807) is 0 Å². The van der Waals surface area contributed by atoms with Crippen LogP contribution in [0.15, 0.2) is 0 Å². The van der Waals surface area contributed by atoms with Gasteiger partial charge in [-0.15, -0.1) is 0 Å². The summed E-state index contributed by atoms with van der Waals surface area (Å²) < 4.78 is 15.5. The minimum absolute atomic E-state index is 0.0245. The highest BCUT2D eigenvalue weighted by molar-refractivity contribution is 7.51. The molecule has 0 aromatic carbocycles. The Balaban J connectivity index is 3.82. The maximum atomic E-state index is 10.5. The first-order valence-electron chi connectivity index (χ1n) is 4.75. The molecule has 0 unspecified atom stereocenters. The van der Waals surface area contributed by atoms with Crippen LogP contribution in [0.3, 0.4) is 0 Å². The van der Waals surface area contributed by atoms with Crippen molar-refractivity contribution in [3.8, 4) is 0 Å². The van der Waals surface area contributed by atoms with Crippen molar-refractivity contribution in [1.29, 1.82) is 0 Å². The average Bonchev–Trinajstić information content (AvgIpc) is 1.78. The lowest BCUT2D eigenvalue weighted by molar-refractivity contribution is 0.0688. The average molecular weight is 224 g/mol. The van der Waals surface area contributed by atoms with Crippen molar-refractivity contribution in [2.75, 3.05) is 13.0 Å². The maximum Gasteiger partial charge on any atom is 0.350 e. The third-order valence-corrected chi connectivity index (χ3v) is 2.23. The van der Waals surface area contributed by atoms with E-state index in [9.17, 15) is 4.57 Å². The van der Waals surface area contributed by atoms with Gasteiger partial charge in [0.05, 0.1) is 6.61 Å². The van der Waals surface area contributed by atoms with E-state index in [1.165, 1.54) is 0 Å². The van der Waals surface area contributed by atoms with Gasteiger partial charge in [-0.25, -0.2) is 0 Å². The van der Waals surface area contributed by atoms with Crippen LogP contribution in [0.5, 0.6) is 0 Å². The Morgan fingerprint density at radius 2 is 1.86 bits per heavy atom. The van der Waals surface area contributed by atoms with Crippen LogP contribution in [0.25, 0.3) is 0 Å². The lowest BCUT2D eigenvalue weighted by atomic mass is 9.85. The Kier molecular flexibility index (Phi) is 5.31. The van der Waals surface area contributed by atoms with Gasteiger partial charge in [0.15, 0.2) is 0 Å². The number of ether oxygens (including phenoxy) is 1. The smallest absolute Gasteiger partial charge is 0.350 e. The van der Waals surface area contributed by atoms with Gasteiger partial charge < -0.3 is 14.5 Å². The largest absolute Gasteiger partial charge is 0.368 e. The molecule has 0 bridgehead atoms. The highest BCUT2D eigenvalue weighted by Gasteiger charge is 2.22. The lowest BCUT2D eigenvalue weighted by Gasteiger charge is -2.26. The monoisotopic (exact) mass is 224 g/mol. The molecule has 0 fully saturated rings.